The second-order valence-electron chi connectivity index (χ2n) is 7.50. The predicted octanol–water partition coefficient (Wildman–Crippen LogP) is 4.21. The number of anilines is 1. The van der Waals surface area contributed by atoms with Gasteiger partial charge in [-0.2, -0.15) is 0 Å². The Labute approximate surface area is 158 Å². The smallest absolute Gasteiger partial charge is 0.294 e. The molecule has 1 atom stereocenters. The fraction of sp³-hybridized carbons (Fsp3) is 0.273. The molecule has 0 aliphatic carbocycles. The summed E-state index contributed by atoms with van der Waals surface area (Å²) < 4.78 is 5.47. The van der Waals surface area contributed by atoms with Gasteiger partial charge in [0.1, 0.15) is 5.75 Å². The zero-order valence-corrected chi connectivity index (χ0v) is 15.9. The first kappa shape index (κ1) is 18.7. The molecule has 5 nitrogen and oxygen atoms in total. The number of rotatable bonds is 4. The van der Waals surface area contributed by atoms with Crippen LogP contribution in [0.4, 0.5) is 5.69 Å². The van der Waals surface area contributed by atoms with Crippen LogP contribution in [-0.4, -0.2) is 23.9 Å². The molecule has 0 fully saturated rings. The number of amides is 1. The van der Waals surface area contributed by atoms with Crippen molar-refractivity contribution in [2.75, 3.05) is 12.0 Å². The summed E-state index contributed by atoms with van der Waals surface area (Å²) in [5.41, 5.74) is 0.590. The average molecular weight is 365 g/mol. The first-order valence-corrected chi connectivity index (χ1v) is 8.77. The summed E-state index contributed by atoms with van der Waals surface area (Å²) in [5, 5.41) is 10.6. The maximum absolute atomic E-state index is 13.1. The van der Waals surface area contributed by atoms with Crippen LogP contribution in [0.15, 0.2) is 65.9 Å². The molecule has 0 bridgehead atoms. The topological polar surface area (TPSA) is 66.8 Å². The summed E-state index contributed by atoms with van der Waals surface area (Å²) in [6, 6.07) is 15.5. The van der Waals surface area contributed by atoms with E-state index >= 15 is 0 Å². The van der Waals surface area contributed by atoms with Gasteiger partial charge in [-0.05, 0) is 18.2 Å². The molecule has 3 rings (SSSR count). The third-order valence-corrected chi connectivity index (χ3v) is 4.60. The van der Waals surface area contributed by atoms with Crippen LogP contribution in [0.5, 0.6) is 5.75 Å². The second-order valence-corrected chi connectivity index (χ2v) is 7.50. The van der Waals surface area contributed by atoms with E-state index in [1.54, 1.807) is 45.0 Å². The van der Waals surface area contributed by atoms with Crippen LogP contribution in [0.3, 0.4) is 0 Å². The lowest BCUT2D eigenvalue weighted by atomic mass is 9.82. The third kappa shape index (κ3) is 3.21. The second kappa shape index (κ2) is 6.91. The molecule has 1 N–H and O–H groups in total. The number of Topliss-reactive ketones (excluding diaryl/α,β-unsaturated/α-hetero) is 1. The number of hydrogen-bond acceptors (Lipinski definition) is 4. The molecule has 2 aromatic rings. The van der Waals surface area contributed by atoms with Crippen molar-refractivity contribution in [3.8, 4) is 5.75 Å². The van der Waals surface area contributed by atoms with Gasteiger partial charge in [0.05, 0.1) is 18.7 Å². The lowest BCUT2D eigenvalue weighted by Crippen LogP contribution is -2.33. The molecule has 1 heterocycles. The number of carbonyl (C=O) groups excluding carboxylic acids is 2. The van der Waals surface area contributed by atoms with Crippen LogP contribution in [0.1, 0.15) is 32.4 Å². The molecule has 1 amide bonds. The van der Waals surface area contributed by atoms with Gasteiger partial charge in [-0.3, -0.25) is 14.5 Å². The van der Waals surface area contributed by atoms with Gasteiger partial charge in [-0.1, -0.05) is 57.2 Å². The van der Waals surface area contributed by atoms with Crippen LogP contribution < -0.4 is 9.64 Å². The van der Waals surface area contributed by atoms with Crippen LogP contribution in [-0.2, 0) is 9.59 Å². The van der Waals surface area contributed by atoms with Gasteiger partial charge in [-0.15, -0.1) is 0 Å². The van der Waals surface area contributed by atoms with Gasteiger partial charge < -0.3 is 9.84 Å². The molecule has 0 aromatic heterocycles. The van der Waals surface area contributed by atoms with E-state index in [2.05, 4.69) is 0 Å². The van der Waals surface area contributed by atoms with E-state index in [0.717, 1.165) is 0 Å². The molecule has 0 saturated heterocycles. The van der Waals surface area contributed by atoms with Crippen LogP contribution in [0, 0.1) is 5.41 Å². The number of methoxy groups -OCH3 is 1. The number of nitrogens with zero attached hydrogens (tertiary/aromatic N) is 1. The van der Waals surface area contributed by atoms with Gasteiger partial charge in [0.2, 0.25) is 0 Å². The molecule has 5 heteroatoms. The largest absolute Gasteiger partial charge is 0.503 e. The third-order valence-electron chi connectivity index (χ3n) is 4.60. The molecule has 0 radical (unpaired) electrons. The Morgan fingerprint density at radius 3 is 2.22 bits per heavy atom. The highest BCUT2D eigenvalue weighted by Gasteiger charge is 2.47. The molecule has 0 saturated carbocycles. The zero-order valence-electron chi connectivity index (χ0n) is 15.9. The normalized spacial score (nSPS) is 17.4. The molecular weight excluding hydrogens is 342 g/mol. The van der Waals surface area contributed by atoms with Crippen molar-refractivity contribution in [2.24, 2.45) is 5.41 Å². The maximum Gasteiger partial charge on any atom is 0.294 e. The summed E-state index contributed by atoms with van der Waals surface area (Å²) in [6.45, 7) is 5.31. The number of aliphatic hydroxyl groups is 1. The van der Waals surface area contributed by atoms with Crippen molar-refractivity contribution in [2.45, 2.75) is 26.8 Å². The van der Waals surface area contributed by atoms with Crippen molar-refractivity contribution in [3.63, 3.8) is 0 Å². The highest BCUT2D eigenvalue weighted by Crippen LogP contribution is 2.45. The molecule has 1 unspecified atom stereocenters. The van der Waals surface area contributed by atoms with E-state index in [-0.39, 0.29) is 11.4 Å². The van der Waals surface area contributed by atoms with E-state index in [0.29, 0.717) is 17.0 Å². The number of benzene rings is 2. The Morgan fingerprint density at radius 2 is 1.63 bits per heavy atom. The Kier molecular flexibility index (Phi) is 4.79. The number of para-hydroxylation sites is 2. The van der Waals surface area contributed by atoms with E-state index in [1.807, 2.05) is 30.3 Å². The van der Waals surface area contributed by atoms with E-state index < -0.39 is 23.1 Å². The lowest BCUT2D eigenvalue weighted by molar-refractivity contribution is -0.123. The van der Waals surface area contributed by atoms with E-state index in [4.69, 9.17) is 4.74 Å². The number of ketones is 1. The minimum absolute atomic E-state index is 0.0980. The van der Waals surface area contributed by atoms with Crippen molar-refractivity contribution in [1.82, 2.24) is 0 Å². The Bertz CT molecular complexity index is 909. The van der Waals surface area contributed by atoms with Gasteiger partial charge in [0, 0.05) is 16.7 Å². The molecule has 140 valence electrons. The van der Waals surface area contributed by atoms with Gasteiger partial charge in [-0.25, -0.2) is 0 Å². The van der Waals surface area contributed by atoms with E-state index in [9.17, 15) is 14.7 Å². The molecule has 1 aliphatic rings. The molecular formula is C22H23NO4. The molecule has 0 spiro atoms. The summed E-state index contributed by atoms with van der Waals surface area (Å²) >= 11 is 0. The van der Waals surface area contributed by atoms with Crippen LogP contribution >= 0.6 is 0 Å². The summed E-state index contributed by atoms with van der Waals surface area (Å²) in [4.78, 5) is 27.6. The van der Waals surface area contributed by atoms with Crippen molar-refractivity contribution in [3.05, 3.63) is 71.5 Å². The predicted molar refractivity (Wildman–Crippen MR) is 104 cm³/mol. The molecule has 1 aliphatic heterocycles. The summed E-state index contributed by atoms with van der Waals surface area (Å²) in [5.74, 6) is -0.827. The highest BCUT2D eigenvalue weighted by molar-refractivity contribution is 6.17. The fourth-order valence-electron chi connectivity index (χ4n) is 3.28. The van der Waals surface area contributed by atoms with Gasteiger partial charge in [0.15, 0.2) is 11.5 Å². The minimum Gasteiger partial charge on any atom is -0.503 e. The maximum atomic E-state index is 13.1. The highest BCUT2D eigenvalue weighted by atomic mass is 16.5. The lowest BCUT2D eigenvalue weighted by Gasteiger charge is -2.29. The first-order chi connectivity index (χ1) is 12.8. The van der Waals surface area contributed by atoms with Crippen LogP contribution in [0.2, 0.25) is 0 Å². The SMILES string of the molecule is COc1ccccc1C1C(C(=O)C(C)(C)C)=C(O)C(=O)N1c1ccccc1. The van der Waals surface area contributed by atoms with Crippen molar-refractivity contribution < 1.29 is 19.4 Å². The summed E-state index contributed by atoms with van der Waals surface area (Å²) in [6.07, 6.45) is 0. The fourth-order valence-corrected chi connectivity index (χ4v) is 3.28. The standard InChI is InChI=1S/C22H23NO4/c1-22(2,3)20(25)17-18(15-12-8-9-13-16(15)27-4)23(21(26)19(17)24)14-10-6-5-7-11-14/h5-13,18,24H,1-4H3. The number of carbonyl (C=O) groups is 2. The Balaban J connectivity index is 2.25. The monoisotopic (exact) mass is 365 g/mol. The Morgan fingerprint density at radius 1 is 1.04 bits per heavy atom. The number of hydrogen-bond donors (Lipinski definition) is 1. The van der Waals surface area contributed by atoms with Crippen LogP contribution in [0.25, 0.3) is 0 Å². The van der Waals surface area contributed by atoms with Crippen molar-refractivity contribution >= 4 is 17.4 Å². The average Bonchev–Trinajstić information content (AvgIpc) is 2.92. The van der Waals surface area contributed by atoms with E-state index in [1.165, 1.54) is 12.0 Å². The number of aliphatic hydroxyl groups excluding tert-OH is 1. The first-order valence-electron chi connectivity index (χ1n) is 8.77. The minimum atomic E-state index is -0.761. The number of ether oxygens (including phenoxy) is 1. The summed E-state index contributed by atoms with van der Waals surface area (Å²) in [7, 11) is 1.54. The molecule has 27 heavy (non-hydrogen) atoms. The van der Waals surface area contributed by atoms with Crippen molar-refractivity contribution in [1.29, 1.82) is 0 Å². The quantitative estimate of drug-likeness (QED) is 0.881. The molecule has 2 aromatic carbocycles. The Hall–Kier alpha value is -3.08. The van der Waals surface area contributed by atoms with Gasteiger partial charge >= 0.3 is 0 Å². The zero-order chi connectivity index (χ0) is 19.8. The van der Waals surface area contributed by atoms with Gasteiger partial charge in [0.25, 0.3) is 5.91 Å².